The number of amides is 2. The zero-order valence-corrected chi connectivity index (χ0v) is 14.9. The first-order chi connectivity index (χ1) is 12.5. The van der Waals surface area contributed by atoms with E-state index >= 15 is 0 Å². The van der Waals surface area contributed by atoms with E-state index in [1.807, 2.05) is 13.0 Å². The number of hydrogen-bond donors (Lipinski definition) is 1. The third kappa shape index (κ3) is 2.54. The average molecular weight is 370 g/mol. The number of benzene rings is 1. The Kier molecular flexibility index (Phi) is 3.93. The molecule has 2 aliphatic rings. The molecule has 2 aromatic rings. The Balaban J connectivity index is 1.69. The van der Waals surface area contributed by atoms with Crippen LogP contribution in [0.2, 0.25) is 5.02 Å². The second kappa shape index (κ2) is 6.15. The highest BCUT2D eigenvalue weighted by molar-refractivity contribution is 6.31. The molecule has 8 heteroatoms. The van der Waals surface area contributed by atoms with Gasteiger partial charge in [-0.3, -0.25) is 14.3 Å². The molecule has 0 saturated carbocycles. The topological polar surface area (TPSA) is 91.0 Å². The van der Waals surface area contributed by atoms with Crippen LogP contribution in [0, 0.1) is 11.3 Å². The lowest BCUT2D eigenvalue weighted by molar-refractivity contribution is 0.0654. The summed E-state index contributed by atoms with van der Waals surface area (Å²) in [6.07, 6.45) is 0.590. The SMILES string of the molecule is C[C@@H]1Cc2nn3c(c2CN1C(=O)c1ccc(Cl)c(C#N)c1)C(=O)NCC3. The van der Waals surface area contributed by atoms with Crippen LogP contribution in [0.25, 0.3) is 0 Å². The number of nitriles is 1. The van der Waals surface area contributed by atoms with Gasteiger partial charge in [-0.25, -0.2) is 0 Å². The van der Waals surface area contributed by atoms with Crippen molar-refractivity contribution < 1.29 is 9.59 Å². The van der Waals surface area contributed by atoms with E-state index in [1.165, 1.54) is 6.07 Å². The van der Waals surface area contributed by atoms with Gasteiger partial charge in [0, 0.05) is 30.1 Å². The summed E-state index contributed by atoms with van der Waals surface area (Å²) in [7, 11) is 0. The van der Waals surface area contributed by atoms with Crippen LogP contribution >= 0.6 is 11.6 Å². The van der Waals surface area contributed by atoms with Crippen LogP contribution in [-0.2, 0) is 19.5 Å². The van der Waals surface area contributed by atoms with Gasteiger partial charge in [0.15, 0.2) is 0 Å². The lowest BCUT2D eigenvalue weighted by Gasteiger charge is -2.33. The smallest absolute Gasteiger partial charge is 0.269 e. The molecule has 0 bridgehead atoms. The second-order valence-corrected chi connectivity index (χ2v) is 6.95. The predicted molar refractivity (Wildman–Crippen MR) is 93.8 cm³/mol. The minimum absolute atomic E-state index is 0.0590. The number of hydrogen-bond acceptors (Lipinski definition) is 4. The molecule has 1 atom stereocenters. The van der Waals surface area contributed by atoms with Crippen LogP contribution < -0.4 is 5.32 Å². The minimum Gasteiger partial charge on any atom is -0.349 e. The fraction of sp³-hybridized carbons (Fsp3) is 0.333. The van der Waals surface area contributed by atoms with Crippen molar-refractivity contribution in [2.45, 2.75) is 32.5 Å². The van der Waals surface area contributed by atoms with Crippen molar-refractivity contribution >= 4 is 23.4 Å². The molecule has 0 saturated heterocycles. The Hall–Kier alpha value is -2.85. The van der Waals surface area contributed by atoms with Crippen molar-refractivity contribution in [3.05, 3.63) is 51.3 Å². The van der Waals surface area contributed by atoms with Gasteiger partial charge >= 0.3 is 0 Å². The lowest BCUT2D eigenvalue weighted by Crippen LogP contribution is -2.43. The van der Waals surface area contributed by atoms with Crippen LogP contribution in [0.1, 0.15) is 44.6 Å². The number of rotatable bonds is 1. The molecule has 1 N–H and O–H groups in total. The van der Waals surface area contributed by atoms with Crippen molar-refractivity contribution in [1.29, 1.82) is 5.26 Å². The van der Waals surface area contributed by atoms with Crippen LogP contribution in [0.5, 0.6) is 0 Å². The van der Waals surface area contributed by atoms with E-state index in [1.54, 1.807) is 21.7 Å². The highest BCUT2D eigenvalue weighted by atomic mass is 35.5. The quantitative estimate of drug-likeness (QED) is 0.828. The molecule has 0 radical (unpaired) electrons. The fourth-order valence-electron chi connectivity index (χ4n) is 3.55. The molecule has 7 nitrogen and oxygen atoms in total. The van der Waals surface area contributed by atoms with Gasteiger partial charge in [0.2, 0.25) is 0 Å². The van der Waals surface area contributed by atoms with Gasteiger partial charge < -0.3 is 10.2 Å². The predicted octanol–water partition coefficient (Wildman–Crippen LogP) is 1.74. The maximum atomic E-state index is 13.0. The Morgan fingerprint density at radius 1 is 1.46 bits per heavy atom. The Labute approximate surface area is 155 Å². The van der Waals surface area contributed by atoms with Gasteiger partial charge in [-0.05, 0) is 25.1 Å². The lowest BCUT2D eigenvalue weighted by atomic mass is 9.97. The molecule has 0 spiro atoms. The van der Waals surface area contributed by atoms with E-state index in [-0.39, 0.29) is 23.4 Å². The van der Waals surface area contributed by atoms with Crippen molar-refractivity contribution in [2.24, 2.45) is 0 Å². The average Bonchev–Trinajstić information content (AvgIpc) is 2.99. The number of fused-ring (bicyclic) bond motifs is 3. The number of carbonyl (C=O) groups excluding carboxylic acids is 2. The van der Waals surface area contributed by atoms with E-state index < -0.39 is 0 Å². The Morgan fingerprint density at radius 3 is 3.04 bits per heavy atom. The molecule has 4 rings (SSSR count). The highest BCUT2D eigenvalue weighted by Crippen LogP contribution is 2.28. The number of nitrogens with one attached hydrogen (secondary N) is 1. The summed E-state index contributed by atoms with van der Waals surface area (Å²) in [5.41, 5.74) is 2.91. The summed E-state index contributed by atoms with van der Waals surface area (Å²) in [6, 6.07) is 6.62. The third-order valence-electron chi connectivity index (χ3n) is 4.90. The van der Waals surface area contributed by atoms with Crippen molar-refractivity contribution in [1.82, 2.24) is 20.0 Å². The monoisotopic (exact) mass is 369 g/mol. The second-order valence-electron chi connectivity index (χ2n) is 6.55. The van der Waals surface area contributed by atoms with Gasteiger partial charge in [0.25, 0.3) is 11.8 Å². The molecule has 132 valence electrons. The van der Waals surface area contributed by atoms with Crippen molar-refractivity contribution in [3.63, 3.8) is 0 Å². The standard InChI is InChI=1S/C18H16ClN5O2/c1-10-6-15-13(16-17(25)21-4-5-24(16)22-15)9-23(10)18(26)11-2-3-14(19)12(7-11)8-20/h2-3,7,10H,4-6,9H2,1H3,(H,21,25)/t10-/m1/s1. The normalized spacial score (nSPS) is 18.6. The van der Waals surface area contributed by atoms with E-state index in [4.69, 9.17) is 16.9 Å². The maximum Gasteiger partial charge on any atom is 0.269 e. The Morgan fingerprint density at radius 2 is 2.27 bits per heavy atom. The summed E-state index contributed by atoms with van der Waals surface area (Å²) >= 11 is 5.96. The van der Waals surface area contributed by atoms with Crippen LogP contribution in [0.4, 0.5) is 0 Å². The van der Waals surface area contributed by atoms with E-state index in [0.717, 1.165) is 11.3 Å². The molecular weight excluding hydrogens is 354 g/mol. The maximum absolute atomic E-state index is 13.0. The molecule has 1 aromatic heterocycles. The van der Waals surface area contributed by atoms with Gasteiger partial charge in [-0.2, -0.15) is 10.4 Å². The summed E-state index contributed by atoms with van der Waals surface area (Å²) in [5, 5.41) is 16.8. The molecule has 1 aromatic carbocycles. The van der Waals surface area contributed by atoms with E-state index in [2.05, 4.69) is 10.4 Å². The summed E-state index contributed by atoms with van der Waals surface area (Å²) < 4.78 is 1.74. The first-order valence-corrected chi connectivity index (χ1v) is 8.74. The number of nitrogens with zero attached hydrogens (tertiary/aromatic N) is 4. The zero-order chi connectivity index (χ0) is 18.4. The van der Waals surface area contributed by atoms with Crippen molar-refractivity contribution in [3.8, 4) is 6.07 Å². The molecule has 2 amide bonds. The fourth-order valence-corrected chi connectivity index (χ4v) is 3.71. The minimum atomic E-state index is -0.188. The number of aromatic nitrogens is 2. The van der Waals surface area contributed by atoms with E-state index in [0.29, 0.717) is 42.3 Å². The molecule has 26 heavy (non-hydrogen) atoms. The summed E-state index contributed by atoms with van der Waals surface area (Å²) in [4.78, 5) is 27.0. The first kappa shape index (κ1) is 16.6. The van der Waals surface area contributed by atoms with Crippen molar-refractivity contribution in [2.75, 3.05) is 6.54 Å². The molecule has 0 aliphatic carbocycles. The zero-order valence-electron chi connectivity index (χ0n) is 14.1. The third-order valence-corrected chi connectivity index (χ3v) is 5.23. The number of carbonyl (C=O) groups is 2. The molecular formula is C18H16ClN5O2. The summed E-state index contributed by atoms with van der Waals surface area (Å²) in [5.74, 6) is -0.335. The van der Waals surface area contributed by atoms with E-state index in [9.17, 15) is 9.59 Å². The van der Waals surface area contributed by atoms with Gasteiger partial charge in [-0.1, -0.05) is 11.6 Å². The molecule has 0 unspecified atom stereocenters. The first-order valence-electron chi connectivity index (χ1n) is 8.37. The van der Waals surface area contributed by atoms with Gasteiger partial charge in [0.05, 0.1) is 29.4 Å². The molecule has 0 fully saturated rings. The number of halogens is 1. The van der Waals surface area contributed by atoms with Gasteiger partial charge in [-0.15, -0.1) is 0 Å². The van der Waals surface area contributed by atoms with Crippen LogP contribution in [-0.4, -0.2) is 39.1 Å². The van der Waals surface area contributed by atoms with Gasteiger partial charge in [0.1, 0.15) is 11.8 Å². The highest BCUT2D eigenvalue weighted by Gasteiger charge is 2.35. The van der Waals surface area contributed by atoms with Crippen LogP contribution in [0.15, 0.2) is 18.2 Å². The molecule has 2 aliphatic heterocycles. The largest absolute Gasteiger partial charge is 0.349 e. The summed E-state index contributed by atoms with van der Waals surface area (Å²) in [6.45, 7) is 3.48. The Bertz CT molecular complexity index is 975. The molecule has 3 heterocycles. The van der Waals surface area contributed by atoms with Crippen LogP contribution in [0.3, 0.4) is 0 Å².